The van der Waals surface area contributed by atoms with Crippen LogP contribution in [0.2, 0.25) is 0 Å². The lowest BCUT2D eigenvalue weighted by Gasteiger charge is -2.33. The molecule has 0 saturated carbocycles. The lowest BCUT2D eigenvalue weighted by molar-refractivity contribution is -0.0753. The molecule has 2 aliphatic rings. The Morgan fingerprint density at radius 2 is 1.92 bits per heavy atom. The summed E-state index contributed by atoms with van der Waals surface area (Å²) in [4.78, 5) is 13.3. The van der Waals surface area contributed by atoms with Crippen LogP contribution in [0.1, 0.15) is 48.0 Å². The number of hydrogen-bond donors (Lipinski definition) is 1. The quantitative estimate of drug-likeness (QED) is 0.867. The molecule has 0 aromatic heterocycles. The normalized spacial score (nSPS) is 23.2. The Kier molecular flexibility index (Phi) is 6.24. The summed E-state index contributed by atoms with van der Waals surface area (Å²) in [6.07, 6.45) is 6.33. The number of carboxylic acids is 1. The molecular formula is C19H27NO4. The van der Waals surface area contributed by atoms with Crippen molar-refractivity contribution in [2.45, 2.75) is 50.9 Å². The average molecular weight is 333 g/mol. The van der Waals surface area contributed by atoms with E-state index in [1.807, 2.05) is 12.1 Å². The molecule has 5 nitrogen and oxygen atoms in total. The molecule has 0 bridgehead atoms. The van der Waals surface area contributed by atoms with E-state index < -0.39 is 5.97 Å². The molecule has 2 fully saturated rings. The molecule has 1 unspecified atom stereocenters. The molecule has 3 rings (SSSR count). The third-order valence-electron chi connectivity index (χ3n) is 4.93. The highest BCUT2D eigenvalue weighted by atomic mass is 16.5. The highest BCUT2D eigenvalue weighted by Gasteiger charge is 2.22. The molecule has 0 amide bonds. The molecule has 2 aliphatic heterocycles. The van der Waals surface area contributed by atoms with E-state index in [0.29, 0.717) is 17.8 Å². The summed E-state index contributed by atoms with van der Waals surface area (Å²) in [6.45, 7) is 4.54. The summed E-state index contributed by atoms with van der Waals surface area (Å²) in [5.74, 6) is -0.874. The van der Waals surface area contributed by atoms with Crippen molar-refractivity contribution in [3.63, 3.8) is 0 Å². The van der Waals surface area contributed by atoms with Gasteiger partial charge < -0.3 is 14.6 Å². The standard InChI is InChI=1S/C19H27NO4/c21-19(22)16-6-4-15(5-7-16)13-20-10-8-17(9-11-20)24-14-18-3-1-2-12-23-18/h4-7,17-18H,1-3,8-14H2,(H,21,22). The fraction of sp³-hybridized carbons (Fsp3) is 0.632. The van der Waals surface area contributed by atoms with Gasteiger partial charge in [-0.05, 0) is 49.8 Å². The van der Waals surface area contributed by atoms with Crippen molar-refractivity contribution in [2.75, 3.05) is 26.3 Å². The summed E-state index contributed by atoms with van der Waals surface area (Å²) >= 11 is 0. The van der Waals surface area contributed by atoms with Crippen LogP contribution in [0.5, 0.6) is 0 Å². The molecule has 0 aliphatic carbocycles. The smallest absolute Gasteiger partial charge is 0.335 e. The highest BCUT2D eigenvalue weighted by molar-refractivity contribution is 5.87. The number of nitrogens with zero attached hydrogens (tertiary/aromatic N) is 1. The van der Waals surface area contributed by atoms with Crippen LogP contribution in [0.4, 0.5) is 0 Å². The molecule has 2 heterocycles. The van der Waals surface area contributed by atoms with Crippen LogP contribution >= 0.6 is 0 Å². The van der Waals surface area contributed by atoms with Crippen molar-refractivity contribution >= 4 is 5.97 Å². The van der Waals surface area contributed by atoms with E-state index in [4.69, 9.17) is 14.6 Å². The van der Waals surface area contributed by atoms with Crippen molar-refractivity contribution in [1.29, 1.82) is 0 Å². The zero-order chi connectivity index (χ0) is 16.8. The summed E-state index contributed by atoms with van der Waals surface area (Å²) in [5.41, 5.74) is 1.51. The first-order chi connectivity index (χ1) is 11.7. The third kappa shape index (κ3) is 5.03. The van der Waals surface area contributed by atoms with Crippen LogP contribution in [-0.4, -0.2) is 54.5 Å². The minimum Gasteiger partial charge on any atom is -0.478 e. The molecule has 132 valence electrons. The predicted octanol–water partition coefficient (Wildman–Crippen LogP) is 2.93. The topological polar surface area (TPSA) is 59.0 Å². The molecule has 2 saturated heterocycles. The van der Waals surface area contributed by atoms with Crippen LogP contribution < -0.4 is 0 Å². The van der Waals surface area contributed by atoms with Gasteiger partial charge >= 0.3 is 5.97 Å². The molecule has 1 aromatic carbocycles. The molecular weight excluding hydrogens is 306 g/mol. The van der Waals surface area contributed by atoms with E-state index in [2.05, 4.69) is 4.90 Å². The summed E-state index contributed by atoms with van der Waals surface area (Å²) in [6, 6.07) is 7.17. The minimum absolute atomic E-state index is 0.296. The molecule has 1 N–H and O–H groups in total. The van der Waals surface area contributed by atoms with Gasteiger partial charge in [0.15, 0.2) is 0 Å². The lowest BCUT2D eigenvalue weighted by atomic mass is 10.1. The van der Waals surface area contributed by atoms with E-state index in [-0.39, 0.29) is 0 Å². The van der Waals surface area contributed by atoms with E-state index in [0.717, 1.165) is 57.7 Å². The van der Waals surface area contributed by atoms with Gasteiger partial charge in [-0.3, -0.25) is 4.90 Å². The van der Waals surface area contributed by atoms with Gasteiger partial charge in [-0.15, -0.1) is 0 Å². The second-order valence-corrected chi connectivity index (χ2v) is 6.80. The van der Waals surface area contributed by atoms with Crippen molar-refractivity contribution in [3.8, 4) is 0 Å². The van der Waals surface area contributed by atoms with E-state index in [1.54, 1.807) is 12.1 Å². The van der Waals surface area contributed by atoms with Crippen LogP contribution in [0.15, 0.2) is 24.3 Å². The van der Waals surface area contributed by atoms with Gasteiger partial charge in [0.05, 0.1) is 24.4 Å². The van der Waals surface area contributed by atoms with E-state index in [1.165, 1.54) is 12.8 Å². The number of carbonyl (C=O) groups is 1. The summed E-state index contributed by atoms with van der Waals surface area (Å²) in [5, 5.41) is 8.94. The Hall–Kier alpha value is -1.43. The number of benzene rings is 1. The number of aromatic carboxylic acids is 1. The number of likely N-dealkylation sites (tertiary alicyclic amines) is 1. The van der Waals surface area contributed by atoms with Gasteiger partial charge in [0.2, 0.25) is 0 Å². The fourth-order valence-electron chi connectivity index (χ4n) is 3.43. The van der Waals surface area contributed by atoms with Crippen molar-refractivity contribution in [2.24, 2.45) is 0 Å². The number of piperidine rings is 1. The Morgan fingerprint density at radius 3 is 2.54 bits per heavy atom. The zero-order valence-electron chi connectivity index (χ0n) is 14.2. The Balaban J connectivity index is 1.37. The zero-order valence-corrected chi connectivity index (χ0v) is 14.2. The van der Waals surface area contributed by atoms with Gasteiger partial charge in [0.1, 0.15) is 0 Å². The molecule has 24 heavy (non-hydrogen) atoms. The highest BCUT2D eigenvalue weighted by Crippen LogP contribution is 2.19. The average Bonchev–Trinajstić information content (AvgIpc) is 2.62. The number of carboxylic acid groups (broad SMARTS) is 1. The molecule has 5 heteroatoms. The second-order valence-electron chi connectivity index (χ2n) is 6.80. The van der Waals surface area contributed by atoms with Crippen molar-refractivity contribution < 1.29 is 19.4 Å². The van der Waals surface area contributed by atoms with E-state index in [9.17, 15) is 4.79 Å². The molecule has 0 radical (unpaired) electrons. The lowest BCUT2D eigenvalue weighted by Crippen LogP contribution is -2.38. The van der Waals surface area contributed by atoms with Gasteiger partial charge in [-0.1, -0.05) is 12.1 Å². The maximum absolute atomic E-state index is 10.9. The van der Waals surface area contributed by atoms with Crippen LogP contribution in [0.25, 0.3) is 0 Å². The molecule has 1 atom stereocenters. The largest absolute Gasteiger partial charge is 0.478 e. The Labute approximate surface area is 143 Å². The first-order valence-corrected chi connectivity index (χ1v) is 8.98. The fourth-order valence-corrected chi connectivity index (χ4v) is 3.43. The van der Waals surface area contributed by atoms with Gasteiger partial charge in [-0.2, -0.15) is 0 Å². The van der Waals surface area contributed by atoms with Crippen molar-refractivity contribution in [1.82, 2.24) is 4.90 Å². The van der Waals surface area contributed by atoms with Crippen LogP contribution in [0, 0.1) is 0 Å². The van der Waals surface area contributed by atoms with E-state index >= 15 is 0 Å². The second kappa shape index (κ2) is 8.60. The number of hydrogen-bond acceptors (Lipinski definition) is 4. The van der Waals surface area contributed by atoms with Crippen molar-refractivity contribution in [3.05, 3.63) is 35.4 Å². The van der Waals surface area contributed by atoms with Crippen LogP contribution in [0.3, 0.4) is 0 Å². The Morgan fingerprint density at radius 1 is 1.17 bits per heavy atom. The molecule has 1 aromatic rings. The number of rotatable bonds is 6. The first-order valence-electron chi connectivity index (χ1n) is 8.98. The maximum Gasteiger partial charge on any atom is 0.335 e. The van der Waals surface area contributed by atoms with Gasteiger partial charge in [0.25, 0.3) is 0 Å². The SMILES string of the molecule is O=C(O)c1ccc(CN2CCC(OCC3CCCCO3)CC2)cc1. The monoisotopic (exact) mass is 333 g/mol. The molecule has 0 spiro atoms. The Bertz CT molecular complexity index is 517. The maximum atomic E-state index is 10.9. The van der Waals surface area contributed by atoms with Gasteiger partial charge in [-0.25, -0.2) is 4.79 Å². The number of ether oxygens (including phenoxy) is 2. The summed E-state index contributed by atoms with van der Waals surface area (Å²) < 4.78 is 11.8. The summed E-state index contributed by atoms with van der Waals surface area (Å²) in [7, 11) is 0. The van der Waals surface area contributed by atoms with Crippen LogP contribution in [-0.2, 0) is 16.0 Å². The van der Waals surface area contributed by atoms with Gasteiger partial charge in [0, 0.05) is 26.2 Å². The minimum atomic E-state index is -0.874. The first kappa shape index (κ1) is 17.4. The predicted molar refractivity (Wildman–Crippen MR) is 91.2 cm³/mol. The third-order valence-corrected chi connectivity index (χ3v) is 4.93.